The van der Waals surface area contributed by atoms with E-state index < -0.39 is 17.5 Å². The molecule has 2 nitrogen and oxygen atoms in total. The van der Waals surface area contributed by atoms with Crippen molar-refractivity contribution in [2.45, 2.75) is 32.6 Å². The van der Waals surface area contributed by atoms with Crippen molar-refractivity contribution in [3.63, 3.8) is 0 Å². The first-order valence-electron chi connectivity index (χ1n) is 10.5. The molecule has 1 aromatic heterocycles. The summed E-state index contributed by atoms with van der Waals surface area (Å²) in [4.78, 5) is 8.75. The fourth-order valence-electron chi connectivity index (χ4n) is 3.48. The van der Waals surface area contributed by atoms with Crippen LogP contribution in [0.15, 0.2) is 60.9 Å². The zero-order valence-electron chi connectivity index (χ0n) is 17.6. The van der Waals surface area contributed by atoms with E-state index in [1.165, 1.54) is 18.2 Å². The van der Waals surface area contributed by atoms with E-state index in [2.05, 4.69) is 28.7 Å². The quantitative estimate of drug-likeness (QED) is 0.353. The lowest BCUT2D eigenvalue weighted by molar-refractivity contribution is 0.517. The highest BCUT2D eigenvalue weighted by molar-refractivity contribution is 5.84. The van der Waals surface area contributed by atoms with Crippen molar-refractivity contribution in [3.05, 3.63) is 106 Å². The van der Waals surface area contributed by atoms with Gasteiger partial charge in [-0.05, 0) is 59.7 Å². The van der Waals surface area contributed by atoms with Crippen LogP contribution in [0.5, 0.6) is 0 Å². The first kappa shape index (κ1) is 21.6. The van der Waals surface area contributed by atoms with Crippen LogP contribution >= 0.6 is 0 Å². The zero-order valence-corrected chi connectivity index (χ0v) is 17.6. The first-order chi connectivity index (χ1) is 15.5. The van der Waals surface area contributed by atoms with Gasteiger partial charge in [0.05, 0.1) is 5.56 Å². The van der Waals surface area contributed by atoms with Gasteiger partial charge in [-0.1, -0.05) is 43.4 Å². The molecule has 0 fully saturated rings. The molecule has 4 aromatic rings. The van der Waals surface area contributed by atoms with Gasteiger partial charge in [0.1, 0.15) is 11.6 Å². The van der Waals surface area contributed by atoms with Crippen molar-refractivity contribution in [2.24, 2.45) is 0 Å². The Balaban J connectivity index is 1.45. The van der Waals surface area contributed by atoms with Crippen molar-refractivity contribution < 1.29 is 13.2 Å². The Labute approximate surface area is 185 Å². The standard InChI is InChI=1S/C27H21F3N2/c1-2-3-20-16-31-26(32-17-20)13-7-19-5-9-21(25(29)15-19)8-4-18-6-11-23-22(14-18)10-12-24(28)27(23)30/h5-6,9-12,14-17H,2-3,7,13H2,1H3. The Kier molecular flexibility index (Phi) is 6.51. The van der Waals surface area contributed by atoms with E-state index in [1.807, 2.05) is 18.5 Å². The minimum atomic E-state index is -0.890. The van der Waals surface area contributed by atoms with Crippen LogP contribution < -0.4 is 0 Å². The molecule has 3 aromatic carbocycles. The highest BCUT2D eigenvalue weighted by atomic mass is 19.2. The molecule has 0 atom stereocenters. The van der Waals surface area contributed by atoms with Crippen LogP contribution in [-0.2, 0) is 19.3 Å². The van der Waals surface area contributed by atoms with Gasteiger partial charge in [-0.15, -0.1) is 0 Å². The van der Waals surface area contributed by atoms with Crippen LogP contribution in [-0.4, -0.2) is 9.97 Å². The maximum atomic E-state index is 14.5. The summed E-state index contributed by atoms with van der Waals surface area (Å²) in [6.45, 7) is 2.11. The lowest BCUT2D eigenvalue weighted by atomic mass is 10.0. The lowest BCUT2D eigenvalue weighted by Crippen LogP contribution is -2.00. The average Bonchev–Trinajstić information content (AvgIpc) is 2.80. The van der Waals surface area contributed by atoms with Crippen LogP contribution in [0, 0.1) is 29.3 Å². The third-order valence-electron chi connectivity index (χ3n) is 5.22. The molecule has 5 heteroatoms. The van der Waals surface area contributed by atoms with Gasteiger partial charge in [-0.3, -0.25) is 0 Å². The third kappa shape index (κ3) is 4.97. The SMILES string of the molecule is CCCc1cnc(CCc2ccc(C#Cc3ccc4c(F)c(F)ccc4c3)c(F)c2)nc1. The molecular formula is C27H21F3N2. The molecule has 32 heavy (non-hydrogen) atoms. The van der Waals surface area contributed by atoms with Gasteiger partial charge < -0.3 is 0 Å². The summed E-state index contributed by atoms with van der Waals surface area (Å²) >= 11 is 0. The Bertz CT molecular complexity index is 1320. The molecule has 4 rings (SSSR count). The second-order valence-electron chi connectivity index (χ2n) is 7.62. The van der Waals surface area contributed by atoms with Crippen molar-refractivity contribution in [1.82, 2.24) is 9.97 Å². The van der Waals surface area contributed by atoms with Gasteiger partial charge >= 0.3 is 0 Å². The molecule has 0 saturated heterocycles. The predicted octanol–water partition coefficient (Wildman–Crippen LogP) is 6.18. The van der Waals surface area contributed by atoms with Crippen molar-refractivity contribution in [1.29, 1.82) is 0 Å². The van der Waals surface area contributed by atoms with Crippen molar-refractivity contribution in [2.75, 3.05) is 0 Å². The van der Waals surface area contributed by atoms with Crippen LogP contribution in [0.3, 0.4) is 0 Å². The highest BCUT2D eigenvalue weighted by Gasteiger charge is 2.07. The molecule has 0 radical (unpaired) electrons. The predicted molar refractivity (Wildman–Crippen MR) is 120 cm³/mol. The largest absolute Gasteiger partial charge is 0.241 e. The van der Waals surface area contributed by atoms with Crippen molar-refractivity contribution in [3.8, 4) is 11.8 Å². The average molecular weight is 430 g/mol. The summed E-state index contributed by atoms with van der Waals surface area (Å²) in [6, 6.07) is 12.3. The molecule has 0 aliphatic heterocycles. The number of aromatic nitrogens is 2. The minimum Gasteiger partial charge on any atom is -0.241 e. The first-order valence-corrected chi connectivity index (χ1v) is 10.5. The summed E-state index contributed by atoms with van der Waals surface area (Å²) in [5, 5.41) is 0.728. The normalized spacial score (nSPS) is 10.8. The van der Waals surface area contributed by atoms with Gasteiger partial charge in [-0.2, -0.15) is 0 Å². The number of benzene rings is 3. The van der Waals surface area contributed by atoms with E-state index >= 15 is 0 Å². The summed E-state index contributed by atoms with van der Waals surface area (Å²) < 4.78 is 41.7. The van der Waals surface area contributed by atoms with E-state index in [0.717, 1.165) is 35.9 Å². The van der Waals surface area contributed by atoms with Gasteiger partial charge in [0.2, 0.25) is 0 Å². The number of fused-ring (bicyclic) bond motifs is 1. The van der Waals surface area contributed by atoms with E-state index in [9.17, 15) is 13.2 Å². The molecule has 0 unspecified atom stereocenters. The molecule has 0 aliphatic rings. The molecule has 160 valence electrons. The van der Waals surface area contributed by atoms with Gasteiger partial charge in [0, 0.05) is 29.8 Å². The Hall–Kier alpha value is -3.65. The van der Waals surface area contributed by atoms with Crippen molar-refractivity contribution >= 4 is 10.8 Å². The molecule has 0 saturated carbocycles. The molecule has 0 aliphatic carbocycles. The van der Waals surface area contributed by atoms with Crippen LogP contribution in [0.4, 0.5) is 13.2 Å². The topological polar surface area (TPSA) is 25.8 Å². The number of hydrogen-bond acceptors (Lipinski definition) is 2. The Morgan fingerprint density at radius 1 is 0.750 bits per heavy atom. The van der Waals surface area contributed by atoms with Gasteiger partial charge in [0.25, 0.3) is 0 Å². The number of rotatable bonds is 5. The van der Waals surface area contributed by atoms with Crippen LogP contribution in [0.2, 0.25) is 0 Å². The van der Waals surface area contributed by atoms with Gasteiger partial charge in [0.15, 0.2) is 11.6 Å². The van der Waals surface area contributed by atoms with Crippen LogP contribution in [0.1, 0.15) is 41.4 Å². The summed E-state index contributed by atoms with van der Waals surface area (Å²) in [6.07, 6.45) is 6.97. The fraction of sp³-hybridized carbons (Fsp3) is 0.185. The Morgan fingerprint density at radius 2 is 1.56 bits per heavy atom. The number of hydrogen-bond donors (Lipinski definition) is 0. The number of nitrogens with zero attached hydrogens (tertiary/aromatic N) is 2. The molecule has 0 amide bonds. The lowest BCUT2D eigenvalue weighted by Gasteiger charge is -2.04. The van der Waals surface area contributed by atoms with E-state index in [0.29, 0.717) is 23.8 Å². The summed E-state index contributed by atoms with van der Waals surface area (Å²) in [5.41, 5.74) is 2.83. The molecule has 0 spiro atoms. The maximum Gasteiger partial charge on any atom is 0.166 e. The molecule has 0 bridgehead atoms. The fourth-order valence-corrected chi connectivity index (χ4v) is 3.48. The molecule has 1 heterocycles. The maximum absolute atomic E-state index is 14.5. The number of aryl methyl sites for hydroxylation is 3. The second kappa shape index (κ2) is 9.65. The minimum absolute atomic E-state index is 0.190. The van der Waals surface area contributed by atoms with E-state index in [-0.39, 0.29) is 10.9 Å². The van der Waals surface area contributed by atoms with E-state index in [4.69, 9.17) is 0 Å². The second-order valence-corrected chi connectivity index (χ2v) is 7.62. The van der Waals surface area contributed by atoms with Gasteiger partial charge in [-0.25, -0.2) is 23.1 Å². The zero-order chi connectivity index (χ0) is 22.5. The third-order valence-corrected chi connectivity index (χ3v) is 5.22. The monoisotopic (exact) mass is 430 g/mol. The molecule has 0 N–H and O–H groups in total. The van der Waals surface area contributed by atoms with Crippen LogP contribution in [0.25, 0.3) is 10.8 Å². The van der Waals surface area contributed by atoms with E-state index in [1.54, 1.807) is 18.2 Å². The number of halogens is 3. The Morgan fingerprint density at radius 3 is 2.31 bits per heavy atom. The summed E-state index contributed by atoms with van der Waals surface area (Å²) in [7, 11) is 0. The smallest absolute Gasteiger partial charge is 0.166 e. The summed E-state index contributed by atoms with van der Waals surface area (Å²) in [5.74, 6) is 4.28. The molecular weight excluding hydrogens is 409 g/mol. The highest BCUT2D eigenvalue weighted by Crippen LogP contribution is 2.21.